The zero-order valence-corrected chi connectivity index (χ0v) is 19.3. The molecule has 1 saturated heterocycles. The maximum Gasteiger partial charge on any atom is 0.228 e. The summed E-state index contributed by atoms with van der Waals surface area (Å²) in [5, 5.41) is 0.180. The van der Waals surface area contributed by atoms with Gasteiger partial charge in [0.1, 0.15) is 0 Å². The van der Waals surface area contributed by atoms with E-state index >= 15 is 0 Å². The minimum atomic E-state index is -3.52. The quantitative estimate of drug-likeness (QED) is 0.568. The summed E-state index contributed by atoms with van der Waals surface area (Å²) in [6.45, 7) is 7.30. The first-order valence-electron chi connectivity index (χ1n) is 11.0. The highest BCUT2D eigenvalue weighted by Crippen LogP contribution is 2.21. The molecule has 2 heterocycles. The van der Waals surface area contributed by atoms with E-state index in [0.717, 1.165) is 37.3 Å². The van der Waals surface area contributed by atoms with E-state index in [0.29, 0.717) is 25.1 Å². The van der Waals surface area contributed by atoms with Crippen LogP contribution < -0.4 is 0 Å². The molecule has 1 aliphatic heterocycles. The van der Waals surface area contributed by atoms with Crippen LogP contribution in [0.4, 0.5) is 0 Å². The Balaban J connectivity index is 1.72. The second-order valence-corrected chi connectivity index (χ2v) is 10.7. The molecule has 3 rings (SSSR count). The lowest BCUT2D eigenvalue weighted by molar-refractivity contribution is 0.00631. The number of sulfone groups is 1. The molecule has 0 amide bonds. The second kappa shape index (κ2) is 10.6. The average Bonchev–Trinajstić information content (AvgIpc) is 3.10. The van der Waals surface area contributed by atoms with Crippen LogP contribution in [0.25, 0.3) is 0 Å². The van der Waals surface area contributed by atoms with Crippen molar-refractivity contribution in [2.45, 2.75) is 69.6 Å². The SMILES string of the molecule is CC(C)Cn1c(CN(C)CC[C@H]2CCCCO2)cnc1S(=O)(=O)Cc1ccccc1. The van der Waals surface area contributed by atoms with Crippen molar-refractivity contribution in [2.24, 2.45) is 5.92 Å². The number of hydrogen-bond acceptors (Lipinski definition) is 5. The number of benzene rings is 1. The summed E-state index contributed by atoms with van der Waals surface area (Å²) in [6.07, 6.45) is 6.64. The molecule has 1 atom stereocenters. The Morgan fingerprint density at radius 2 is 2.00 bits per heavy atom. The summed E-state index contributed by atoms with van der Waals surface area (Å²) in [6, 6.07) is 9.30. The molecule has 1 aromatic carbocycles. The van der Waals surface area contributed by atoms with Crippen LogP contribution in [0.3, 0.4) is 0 Å². The van der Waals surface area contributed by atoms with Crippen LogP contribution in [0.2, 0.25) is 0 Å². The molecule has 7 heteroatoms. The summed E-state index contributed by atoms with van der Waals surface area (Å²) in [4.78, 5) is 6.60. The van der Waals surface area contributed by atoms with E-state index < -0.39 is 9.84 Å². The molecule has 1 aromatic heterocycles. The molecule has 2 aromatic rings. The van der Waals surface area contributed by atoms with Crippen molar-refractivity contribution in [1.82, 2.24) is 14.5 Å². The Kier molecular flexibility index (Phi) is 8.08. The molecular formula is C23H35N3O3S. The molecule has 1 fully saturated rings. The zero-order valence-electron chi connectivity index (χ0n) is 18.5. The largest absolute Gasteiger partial charge is 0.378 e. The molecule has 6 nitrogen and oxygen atoms in total. The lowest BCUT2D eigenvalue weighted by Crippen LogP contribution is -2.28. The van der Waals surface area contributed by atoms with Crippen LogP contribution >= 0.6 is 0 Å². The third-order valence-corrected chi connectivity index (χ3v) is 7.06. The molecule has 0 radical (unpaired) electrons. The van der Waals surface area contributed by atoms with Gasteiger partial charge in [-0.15, -0.1) is 0 Å². The molecule has 1 aliphatic rings. The fraction of sp³-hybridized carbons (Fsp3) is 0.609. The van der Waals surface area contributed by atoms with E-state index in [9.17, 15) is 8.42 Å². The molecule has 30 heavy (non-hydrogen) atoms. The van der Waals surface area contributed by atoms with E-state index in [1.54, 1.807) is 6.20 Å². The van der Waals surface area contributed by atoms with Crippen molar-refractivity contribution in [3.05, 3.63) is 47.8 Å². The number of rotatable bonds is 10. The molecule has 0 aliphatic carbocycles. The van der Waals surface area contributed by atoms with E-state index in [2.05, 4.69) is 30.8 Å². The normalized spacial score (nSPS) is 17.7. The molecule has 0 saturated carbocycles. The maximum absolute atomic E-state index is 13.1. The van der Waals surface area contributed by atoms with Crippen molar-refractivity contribution in [3.63, 3.8) is 0 Å². The first-order valence-corrected chi connectivity index (χ1v) is 12.6. The van der Waals surface area contributed by atoms with E-state index in [1.807, 2.05) is 34.9 Å². The van der Waals surface area contributed by atoms with Gasteiger partial charge in [0.25, 0.3) is 0 Å². The number of aromatic nitrogens is 2. The van der Waals surface area contributed by atoms with Gasteiger partial charge in [-0.2, -0.15) is 0 Å². The Hall–Kier alpha value is -1.70. The van der Waals surface area contributed by atoms with Gasteiger partial charge in [-0.3, -0.25) is 0 Å². The van der Waals surface area contributed by atoms with Crippen molar-refractivity contribution < 1.29 is 13.2 Å². The zero-order chi connectivity index (χ0) is 21.6. The van der Waals surface area contributed by atoms with Gasteiger partial charge in [-0.05, 0) is 44.2 Å². The van der Waals surface area contributed by atoms with Crippen LogP contribution in [0.15, 0.2) is 41.7 Å². The first kappa shape index (κ1) is 23.0. The Morgan fingerprint density at radius 3 is 2.67 bits per heavy atom. The molecule has 0 N–H and O–H groups in total. The van der Waals surface area contributed by atoms with E-state index in [4.69, 9.17) is 4.74 Å². The standard InChI is InChI=1S/C23H35N3O3S/c1-19(2)16-26-21(17-25(3)13-12-22-11-7-8-14-29-22)15-24-23(26)30(27,28)18-20-9-5-4-6-10-20/h4-6,9-10,15,19,22H,7-8,11-14,16-18H2,1-3H3/t22-/m1/s1. The topological polar surface area (TPSA) is 64.4 Å². The molecule has 0 unspecified atom stereocenters. The summed E-state index contributed by atoms with van der Waals surface area (Å²) < 4.78 is 34.0. The number of imidazole rings is 1. The molecule has 0 bridgehead atoms. The highest BCUT2D eigenvalue weighted by Gasteiger charge is 2.25. The maximum atomic E-state index is 13.1. The third kappa shape index (κ3) is 6.40. The minimum absolute atomic E-state index is 0.0305. The Labute approximate surface area is 181 Å². The monoisotopic (exact) mass is 433 g/mol. The van der Waals surface area contributed by atoms with Crippen molar-refractivity contribution in [3.8, 4) is 0 Å². The predicted molar refractivity (Wildman–Crippen MR) is 119 cm³/mol. The average molecular weight is 434 g/mol. The van der Waals surface area contributed by atoms with Gasteiger partial charge < -0.3 is 14.2 Å². The van der Waals surface area contributed by atoms with Crippen molar-refractivity contribution in [2.75, 3.05) is 20.2 Å². The van der Waals surface area contributed by atoms with Gasteiger partial charge in [-0.1, -0.05) is 44.2 Å². The predicted octanol–water partition coefficient (Wildman–Crippen LogP) is 3.90. The lowest BCUT2D eigenvalue weighted by atomic mass is 10.1. The number of ether oxygens (including phenoxy) is 1. The van der Waals surface area contributed by atoms with Gasteiger partial charge in [-0.25, -0.2) is 13.4 Å². The second-order valence-electron chi connectivity index (χ2n) is 8.80. The van der Waals surface area contributed by atoms with Gasteiger partial charge in [0.05, 0.1) is 23.7 Å². The van der Waals surface area contributed by atoms with Crippen LogP contribution in [-0.2, 0) is 33.4 Å². The van der Waals surface area contributed by atoms with Gasteiger partial charge in [0, 0.05) is 26.2 Å². The van der Waals surface area contributed by atoms with Crippen LogP contribution in [-0.4, -0.2) is 49.2 Å². The fourth-order valence-electron chi connectivity index (χ4n) is 3.94. The van der Waals surface area contributed by atoms with E-state index in [-0.39, 0.29) is 10.9 Å². The first-order chi connectivity index (χ1) is 14.3. The smallest absolute Gasteiger partial charge is 0.228 e. The molecule has 0 spiro atoms. The van der Waals surface area contributed by atoms with Gasteiger partial charge >= 0.3 is 0 Å². The summed E-state index contributed by atoms with van der Waals surface area (Å²) in [7, 11) is -1.44. The van der Waals surface area contributed by atoms with Gasteiger partial charge in [0.15, 0.2) is 0 Å². The number of hydrogen-bond donors (Lipinski definition) is 0. The summed E-state index contributed by atoms with van der Waals surface area (Å²) >= 11 is 0. The summed E-state index contributed by atoms with van der Waals surface area (Å²) in [5.41, 5.74) is 1.73. The van der Waals surface area contributed by atoms with Crippen molar-refractivity contribution >= 4 is 9.84 Å². The van der Waals surface area contributed by atoms with Crippen LogP contribution in [0.5, 0.6) is 0 Å². The third-order valence-electron chi connectivity index (χ3n) is 5.47. The van der Waals surface area contributed by atoms with Crippen molar-refractivity contribution in [1.29, 1.82) is 0 Å². The molecular weight excluding hydrogens is 398 g/mol. The fourth-order valence-corrected chi connectivity index (χ4v) is 5.44. The highest BCUT2D eigenvalue weighted by atomic mass is 32.2. The Morgan fingerprint density at radius 1 is 1.23 bits per heavy atom. The number of nitrogens with zero attached hydrogens (tertiary/aromatic N) is 3. The molecule has 166 valence electrons. The Bertz CT molecular complexity index is 888. The lowest BCUT2D eigenvalue weighted by Gasteiger charge is -2.25. The van der Waals surface area contributed by atoms with Crippen LogP contribution in [0, 0.1) is 5.92 Å². The van der Waals surface area contributed by atoms with Gasteiger partial charge in [0.2, 0.25) is 15.0 Å². The summed E-state index contributed by atoms with van der Waals surface area (Å²) in [5.74, 6) is 0.293. The minimum Gasteiger partial charge on any atom is -0.378 e. The van der Waals surface area contributed by atoms with Crippen LogP contribution in [0.1, 0.15) is 50.8 Å². The van der Waals surface area contributed by atoms with E-state index in [1.165, 1.54) is 12.8 Å². The highest BCUT2D eigenvalue weighted by molar-refractivity contribution is 7.90.